The number of methoxy groups -OCH3 is 1. The molecule has 0 aromatic rings. The Morgan fingerprint density at radius 3 is 2.85 bits per heavy atom. The third kappa shape index (κ3) is 3.01. The fourth-order valence-electron chi connectivity index (χ4n) is 2.57. The van der Waals surface area contributed by atoms with Crippen molar-refractivity contribution in [1.82, 2.24) is 15.5 Å². The Morgan fingerprint density at radius 2 is 2.25 bits per heavy atom. The molecule has 2 heterocycles. The van der Waals surface area contributed by atoms with Crippen LogP contribution in [-0.4, -0.2) is 66.3 Å². The number of carboxylic acids is 1. The smallest absolute Gasteiger partial charge is 0.326 e. The van der Waals surface area contributed by atoms with Crippen LogP contribution >= 0.6 is 0 Å². The van der Waals surface area contributed by atoms with Crippen molar-refractivity contribution in [2.24, 2.45) is 0 Å². The molecule has 3 unspecified atom stereocenters. The zero-order chi connectivity index (χ0) is 14.7. The van der Waals surface area contributed by atoms with Gasteiger partial charge in [-0.25, -0.2) is 9.59 Å². The third-order valence-electron chi connectivity index (χ3n) is 3.72. The molecule has 2 aliphatic rings. The normalized spacial score (nSPS) is 29.9. The first kappa shape index (κ1) is 14.6. The van der Waals surface area contributed by atoms with Gasteiger partial charge in [0.25, 0.3) is 0 Å². The molecule has 20 heavy (non-hydrogen) atoms. The fourth-order valence-corrected chi connectivity index (χ4v) is 2.57. The number of nitrogens with one attached hydrogen (secondary N) is 2. The molecule has 8 nitrogen and oxygen atoms in total. The van der Waals surface area contributed by atoms with Gasteiger partial charge in [-0.05, 0) is 12.8 Å². The summed E-state index contributed by atoms with van der Waals surface area (Å²) in [6.45, 7) is 0.825. The number of likely N-dealkylation sites (tertiary alicyclic amines) is 1. The van der Waals surface area contributed by atoms with E-state index in [2.05, 4.69) is 10.6 Å². The number of carboxylic acid groups (broad SMARTS) is 1. The Bertz CT molecular complexity index is 414. The zero-order valence-corrected chi connectivity index (χ0v) is 11.3. The van der Waals surface area contributed by atoms with Gasteiger partial charge in [-0.3, -0.25) is 4.79 Å². The second-order valence-corrected chi connectivity index (χ2v) is 5.04. The number of carbonyl (C=O) groups excluding carboxylic acids is 2. The second-order valence-electron chi connectivity index (χ2n) is 5.04. The molecule has 2 rings (SSSR count). The molecule has 0 radical (unpaired) electrons. The average molecular weight is 285 g/mol. The lowest BCUT2D eigenvalue weighted by Gasteiger charge is -2.27. The Balaban J connectivity index is 1.99. The lowest BCUT2D eigenvalue weighted by Crippen LogP contribution is -2.55. The summed E-state index contributed by atoms with van der Waals surface area (Å²) < 4.78 is 5.12. The molecule has 3 amide bonds. The van der Waals surface area contributed by atoms with E-state index < -0.39 is 24.1 Å². The molecule has 3 N–H and O–H groups in total. The highest BCUT2D eigenvalue weighted by molar-refractivity contribution is 5.89. The van der Waals surface area contributed by atoms with Crippen LogP contribution in [0.2, 0.25) is 0 Å². The highest BCUT2D eigenvalue weighted by Crippen LogP contribution is 2.20. The van der Waals surface area contributed by atoms with Crippen LogP contribution in [0.15, 0.2) is 0 Å². The van der Waals surface area contributed by atoms with Crippen molar-refractivity contribution >= 4 is 17.9 Å². The second kappa shape index (κ2) is 6.08. The summed E-state index contributed by atoms with van der Waals surface area (Å²) in [5, 5.41) is 14.4. The van der Waals surface area contributed by atoms with Crippen molar-refractivity contribution < 1.29 is 24.2 Å². The van der Waals surface area contributed by atoms with Crippen molar-refractivity contribution in [1.29, 1.82) is 0 Å². The van der Waals surface area contributed by atoms with E-state index in [1.807, 2.05) is 0 Å². The number of nitrogens with zero attached hydrogens (tertiary/aromatic N) is 1. The quantitative estimate of drug-likeness (QED) is 0.626. The van der Waals surface area contributed by atoms with Crippen molar-refractivity contribution in [2.75, 3.05) is 20.2 Å². The van der Waals surface area contributed by atoms with Gasteiger partial charge in [0.1, 0.15) is 12.1 Å². The summed E-state index contributed by atoms with van der Waals surface area (Å²) >= 11 is 0. The van der Waals surface area contributed by atoms with E-state index >= 15 is 0 Å². The predicted molar refractivity (Wildman–Crippen MR) is 68.1 cm³/mol. The van der Waals surface area contributed by atoms with Gasteiger partial charge in [0.2, 0.25) is 5.91 Å². The summed E-state index contributed by atoms with van der Waals surface area (Å²) in [6.07, 6.45) is 1.33. The zero-order valence-electron chi connectivity index (χ0n) is 11.3. The van der Waals surface area contributed by atoms with Gasteiger partial charge in [-0.1, -0.05) is 0 Å². The van der Waals surface area contributed by atoms with Crippen LogP contribution in [-0.2, 0) is 14.3 Å². The Hall–Kier alpha value is -1.83. The van der Waals surface area contributed by atoms with E-state index in [1.165, 1.54) is 12.0 Å². The molecular weight excluding hydrogens is 266 g/mol. The summed E-state index contributed by atoms with van der Waals surface area (Å²) in [5.74, 6) is -1.29. The molecular formula is C12H19N3O5. The molecule has 3 atom stereocenters. The number of carbonyl (C=O) groups is 3. The predicted octanol–water partition coefficient (Wildman–Crippen LogP) is -0.851. The van der Waals surface area contributed by atoms with Crippen LogP contribution in [0.5, 0.6) is 0 Å². The minimum absolute atomic E-state index is 0.216. The summed E-state index contributed by atoms with van der Waals surface area (Å²) in [5.41, 5.74) is 0. The lowest BCUT2D eigenvalue weighted by molar-refractivity contribution is -0.141. The standard InChI is InChI=1S/C12H19N3O5/c1-20-7-5-9(11(17)18)15(6-7)12(19)14-8-3-2-4-13-10(8)16/h7-9H,2-6H2,1H3,(H,13,16)(H,14,19)(H,17,18). The number of hydrogen-bond donors (Lipinski definition) is 3. The van der Waals surface area contributed by atoms with Crippen LogP contribution in [0.3, 0.4) is 0 Å². The maximum atomic E-state index is 12.2. The molecule has 2 aliphatic heterocycles. The number of ether oxygens (including phenoxy) is 1. The first-order valence-corrected chi connectivity index (χ1v) is 6.63. The van der Waals surface area contributed by atoms with Gasteiger partial charge < -0.3 is 25.4 Å². The van der Waals surface area contributed by atoms with Gasteiger partial charge >= 0.3 is 12.0 Å². The summed E-state index contributed by atoms with van der Waals surface area (Å²) in [6, 6.07) is -2.03. The Labute approximate surface area is 116 Å². The largest absolute Gasteiger partial charge is 0.480 e. The van der Waals surface area contributed by atoms with Crippen LogP contribution < -0.4 is 10.6 Å². The Kier molecular flexibility index (Phi) is 4.43. The van der Waals surface area contributed by atoms with E-state index in [4.69, 9.17) is 9.84 Å². The van der Waals surface area contributed by atoms with E-state index in [0.29, 0.717) is 13.0 Å². The molecule has 0 aromatic heterocycles. The van der Waals surface area contributed by atoms with Crippen molar-refractivity contribution in [3.63, 3.8) is 0 Å². The first-order chi connectivity index (χ1) is 9.52. The maximum absolute atomic E-state index is 12.2. The Morgan fingerprint density at radius 1 is 1.50 bits per heavy atom. The molecule has 2 saturated heterocycles. The van der Waals surface area contributed by atoms with Crippen LogP contribution in [0.1, 0.15) is 19.3 Å². The van der Waals surface area contributed by atoms with E-state index in [-0.39, 0.29) is 25.0 Å². The van der Waals surface area contributed by atoms with Crippen molar-refractivity contribution in [3.05, 3.63) is 0 Å². The minimum atomic E-state index is -1.06. The van der Waals surface area contributed by atoms with E-state index in [0.717, 1.165) is 6.42 Å². The minimum Gasteiger partial charge on any atom is -0.480 e. The fraction of sp³-hybridized carbons (Fsp3) is 0.750. The molecule has 0 bridgehead atoms. The SMILES string of the molecule is COC1CC(C(=O)O)N(C(=O)NC2CCCNC2=O)C1. The highest BCUT2D eigenvalue weighted by Gasteiger charge is 2.40. The van der Waals surface area contributed by atoms with Gasteiger partial charge in [0.05, 0.1) is 6.10 Å². The highest BCUT2D eigenvalue weighted by atomic mass is 16.5. The number of aliphatic carboxylic acids is 1. The summed E-state index contributed by atoms with van der Waals surface area (Å²) in [7, 11) is 1.49. The molecule has 0 aliphatic carbocycles. The maximum Gasteiger partial charge on any atom is 0.326 e. The monoisotopic (exact) mass is 285 g/mol. The van der Waals surface area contributed by atoms with E-state index in [1.54, 1.807) is 0 Å². The van der Waals surface area contributed by atoms with Crippen molar-refractivity contribution in [3.8, 4) is 0 Å². The van der Waals surface area contributed by atoms with Gasteiger partial charge in [0.15, 0.2) is 0 Å². The molecule has 0 aromatic carbocycles. The molecule has 0 saturated carbocycles. The first-order valence-electron chi connectivity index (χ1n) is 6.63. The number of amides is 3. The van der Waals surface area contributed by atoms with Gasteiger partial charge in [-0.2, -0.15) is 0 Å². The number of hydrogen-bond acceptors (Lipinski definition) is 4. The summed E-state index contributed by atoms with van der Waals surface area (Å²) in [4.78, 5) is 36.1. The third-order valence-corrected chi connectivity index (χ3v) is 3.72. The number of rotatable bonds is 3. The van der Waals surface area contributed by atoms with Crippen LogP contribution in [0, 0.1) is 0 Å². The molecule has 112 valence electrons. The average Bonchev–Trinajstić information content (AvgIpc) is 2.86. The van der Waals surface area contributed by atoms with Crippen molar-refractivity contribution in [2.45, 2.75) is 37.5 Å². The number of urea groups is 1. The lowest BCUT2D eigenvalue weighted by atomic mass is 10.1. The van der Waals surface area contributed by atoms with Crippen LogP contribution in [0.4, 0.5) is 4.79 Å². The van der Waals surface area contributed by atoms with Gasteiger partial charge in [0, 0.05) is 26.6 Å². The molecule has 8 heteroatoms. The number of piperidine rings is 1. The van der Waals surface area contributed by atoms with E-state index in [9.17, 15) is 14.4 Å². The topological polar surface area (TPSA) is 108 Å². The van der Waals surface area contributed by atoms with Gasteiger partial charge in [-0.15, -0.1) is 0 Å². The molecule has 2 fully saturated rings. The van der Waals surface area contributed by atoms with Crippen LogP contribution in [0.25, 0.3) is 0 Å². The molecule has 0 spiro atoms.